The Balaban J connectivity index is 1.57. The Kier molecular flexibility index (Phi) is 4.71. The van der Waals surface area contributed by atoms with Crippen LogP contribution in [0.5, 0.6) is 0 Å². The minimum absolute atomic E-state index is 0.448. The quantitative estimate of drug-likeness (QED) is 0.896. The zero-order valence-corrected chi connectivity index (χ0v) is 13.7. The van der Waals surface area contributed by atoms with Crippen LogP contribution in [0.25, 0.3) is 11.0 Å². The average molecular weight is 303 g/mol. The van der Waals surface area contributed by atoms with E-state index in [2.05, 4.69) is 33.3 Å². The third-order valence-corrected chi connectivity index (χ3v) is 4.21. The predicted octanol–water partition coefficient (Wildman–Crippen LogP) is 1.09. The van der Waals surface area contributed by atoms with Crippen molar-refractivity contribution in [3.8, 4) is 0 Å². The second-order valence-corrected chi connectivity index (χ2v) is 6.12. The van der Waals surface area contributed by atoms with Crippen molar-refractivity contribution < 1.29 is 4.74 Å². The second-order valence-electron chi connectivity index (χ2n) is 6.12. The van der Waals surface area contributed by atoms with Crippen LogP contribution in [0.1, 0.15) is 18.2 Å². The summed E-state index contributed by atoms with van der Waals surface area (Å²) in [5.74, 6) is 0. The number of rotatable bonds is 5. The molecule has 1 aliphatic heterocycles. The summed E-state index contributed by atoms with van der Waals surface area (Å²) in [6, 6.07) is 2.64. The summed E-state index contributed by atoms with van der Waals surface area (Å²) >= 11 is 0. The zero-order chi connectivity index (χ0) is 15.5. The number of fused-ring (bicyclic) bond motifs is 1. The molecule has 0 radical (unpaired) electrons. The van der Waals surface area contributed by atoms with Gasteiger partial charge < -0.3 is 10.1 Å². The number of hydrogen-bond acceptors (Lipinski definition) is 5. The second kappa shape index (κ2) is 6.73. The molecule has 1 unspecified atom stereocenters. The summed E-state index contributed by atoms with van der Waals surface area (Å²) in [6.45, 7) is 9.94. The molecule has 1 N–H and O–H groups in total. The molecule has 1 aliphatic rings. The highest BCUT2D eigenvalue weighted by atomic mass is 16.5. The fourth-order valence-corrected chi connectivity index (χ4v) is 2.98. The summed E-state index contributed by atoms with van der Waals surface area (Å²) in [6.07, 6.45) is 1.94. The van der Waals surface area contributed by atoms with Gasteiger partial charge in [0.1, 0.15) is 0 Å². The summed E-state index contributed by atoms with van der Waals surface area (Å²) in [7, 11) is 1.94. The molecule has 3 heterocycles. The Labute approximate surface area is 131 Å². The molecule has 1 atom stereocenters. The van der Waals surface area contributed by atoms with Gasteiger partial charge in [0.05, 0.1) is 18.9 Å². The van der Waals surface area contributed by atoms with E-state index in [1.54, 1.807) is 0 Å². The van der Waals surface area contributed by atoms with Crippen molar-refractivity contribution in [2.45, 2.75) is 26.4 Å². The lowest BCUT2D eigenvalue weighted by molar-refractivity contribution is 0.0343. The number of nitrogens with one attached hydrogen (secondary N) is 1. The van der Waals surface area contributed by atoms with Crippen molar-refractivity contribution in [3.05, 3.63) is 23.5 Å². The van der Waals surface area contributed by atoms with Crippen LogP contribution in [0.2, 0.25) is 0 Å². The van der Waals surface area contributed by atoms with Crippen LogP contribution < -0.4 is 5.32 Å². The Morgan fingerprint density at radius 3 is 2.91 bits per heavy atom. The predicted molar refractivity (Wildman–Crippen MR) is 86.8 cm³/mol. The molecule has 6 nitrogen and oxygen atoms in total. The molecule has 0 amide bonds. The monoisotopic (exact) mass is 303 g/mol. The van der Waals surface area contributed by atoms with Crippen LogP contribution in [0.3, 0.4) is 0 Å². The lowest BCUT2D eigenvalue weighted by Crippen LogP contribution is -2.44. The first-order chi connectivity index (χ1) is 10.6. The van der Waals surface area contributed by atoms with E-state index in [-0.39, 0.29) is 0 Å². The molecule has 120 valence electrons. The number of ether oxygens (including phenoxy) is 1. The maximum Gasteiger partial charge on any atom is 0.157 e. The molecule has 0 spiro atoms. The van der Waals surface area contributed by atoms with E-state index in [0.717, 1.165) is 56.1 Å². The van der Waals surface area contributed by atoms with Gasteiger partial charge in [-0.15, -0.1) is 0 Å². The lowest BCUT2D eigenvalue weighted by Gasteiger charge is -2.29. The number of morpholine rings is 1. The largest absolute Gasteiger partial charge is 0.379 e. The zero-order valence-electron chi connectivity index (χ0n) is 13.7. The summed E-state index contributed by atoms with van der Waals surface area (Å²) < 4.78 is 7.22. The molecule has 6 heteroatoms. The summed E-state index contributed by atoms with van der Waals surface area (Å²) in [5.41, 5.74) is 3.19. The van der Waals surface area contributed by atoms with Crippen molar-refractivity contribution in [3.63, 3.8) is 0 Å². The first kappa shape index (κ1) is 15.4. The Bertz CT molecular complexity index is 633. The summed E-state index contributed by atoms with van der Waals surface area (Å²) in [5, 5.41) is 9.15. The smallest absolute Gasteiger partial charge is 0.157 e. The number of pyridine rings is 1. The molecular weight excluding hydrogens is 278 g/mol. The molecular formula is C16H25N5O. The van der Waals surface area contributed by atoms with Gasteiger partial charge in [0.2, 0.25) is 0 Å². The number of nitrogens with zero attached hydrogens (tertiary/aromatic N) is 4. The van der Waals surface area contributed by atoms with E-state index in [1.807, 2.05) is 24.9 Å². The third kappa shape index (κ3) is 3.45. The molecule has 3 rings (SSSR count). The SMILES string of the molecule is Cc1nn(C)c2ncc(CNC(C)CN3CCOCC3)cc12. The van der Waals surface area contributed by atoms with Crippen molar-refractivity contribution in [1.82, 2.24) is 25.0 Å². The molecule has 0 bridgehead atoms. The van der Waals surface area contributed by atoms with E-state index in [0.29, 0.717) is 6.04 Å². The Hall–Kier alpha value is -1.50. The molecule has 0 saturated carbocycles. The Morgan fingerprint density at radius 2 is 2.14 bits per heavy atom. The van der Waals surface area contributed by atoms with Crippen LogP contribution in [0.15, 0.2) is 12.3 Å². The molecule has 1 fully saturated rings. The molecule has 22 heavy (non-hydrogen) atoms. The summed E-state index contributed by atoms with van der Waals surface area (Å²) in [4.78, 5) is 6.98. The molecule has 2 aromatic heterocycles. The van der Waals surface area contributed by atoms with Crippen molar-refractivity contribution in [2.75, 3.05) is 32.8 Å². The highest BCUT2D eigenvalue weighted by molar-refractivity contribution is 5.78. The van der Waals surface area contributed by atoms with Crippen molar-refractivity contribution in [1.29, 1.82) is 0 Å². The van der Waals surface area contributed by atoms with Gasteiger partial charge in [0, 0.05) is 50.9 Å². The van der Waals surface area contributed by atoms with Gasteiger partial charge in [0.15, 0.2) is 5.65 Å². The fraction of sp³-hybridized carbons (Fsp3) is 0.625. The third-order valence-electron chi connectivity index (χ3n) is 4.21. The maximum absolute atomic E-state index is 5.39. The number of aromatic nitrogens is 3. The van der Waals surface area contributed by atoms with Crippen LogP contribution >= 0.6 is 0 Å². The van der Waals surface area contributed by atoms with Gasteiger partial charge in [-0.2, -0.15) is 5.10 Å². The van der Waals surface area contributed by atoms with Crippen LogP contribution in [0, 0.1) is 6.92 Å². The van der Waals surface area contributed by atoms with E-state index in [9.17, 15) is 0 Å². The van der Waals surface area contributed by atoms with E-state index in [4.69, 9.17) is 4.74 Å². The van der Waals surface area contributed by atoms with Gasteiger partial charge in [-0.05, 0) is 25.5 Å². The van der Waals surface area contributed by atoms with Crippen LogP contribution in [-0.4, -0.2) is 58.6 Å². The van der Waals surface area contributed by atoms with E-state index >= 15 is 0 Å². The molecule has 0 aromatic carbocycles. The first-order valence-corrected chi connectivity index (χ1v) is 7.95. The highest BCUT2D eigenvalue weighted by Crippen LogP contribution is 2.16. The Morgan fingerprint density at radius 1 is 1.36 bits per heavy atom. The van der Waals surface area contributed by atoms with E-state index < -0.39 is 0 Å². The highest BCUT2D eigenvalue weighted by Gasteiger charge is 2.13. The average Bonchev–Trinajstić information content (AvgIpc) is 2.81. The van der Waals surface area contributed by atoms with Crippen LogP contribution in [-0.2, 0) is 18.3 Å². The number of hydrogen-bond donors (Lipinski definition) is 1. The normalized spacial score (nSPS) is 18.0. The number of aryl methyl sites for hydroxylation is 2. The van der Waals surface area contributed by atoms with Crippen LogP contribution in [0.4, 0.5) is 0 Å². The topological polar surface area (TPSA) is 55.2 Å². The standard InChI is InChI=1S/C16H25N5O/c1-12(11-21-4-6-22-7-5-21)17-9-14-8-15-13(2)19-20(3)16(15)18-10-14/h8,10,12,17H,4-7,9,11H2,1-3H3. The minimum atomic E-state index is 0.448. The van der Waals surface area contributed by atoms with Gasteiger partial charge in [-0.25, -0.2) is 4.98 Å². The lowest BCUT2D eigenvalue weighted by atomic mass is 10.2. The van der Waals surface area contributed by atoms with Gasteiger partial charge >= 0.3 is 0 Å². The maximum atomic E-state index is 5.39. The van der Waals surface area contributed by atoms with Crippen molar-refractivity contribution >= 4 is 11.0 Å². The molecule has 0 aliphatic carbocycles. The fourth-order valence-electron chi connectivity index (χ4n) is 2.98. The van der Waals surface area contributed by atoms with Gasteiger partial charge in [-0.3, -0.25) is 9.58 Å². The molecule has 1 saturated heterocycles. The van der Waals surface area contributed by atoms with Gasteiger partial charge in [-0.1, -0.05) is 0 Å². The van der Waals surface area contributed by atoms with Gasteiger partial charge in [0.25, 0.3) is 0 Å². The minimum Gasteiger partial charge on any atom is -0.379 e. The van der Waals surface area contributed by atoms with Crippen molar-refractivity contribution in [2.24, 2.45) is 7.05 Å². The first-order valence-electron chi connectivity index (χ1n) is 7.95. The van der Waals surface area contributed by atoms with E-state index in [1.165, 1.54) is 5.56 Å². The molecule has 2 aromatic rings.